The molecule has 1 atom stereocenters. The van der Waals surface area contributed by atoms with Crippen LogP contribution in [0.25, 0.3) is 0 Å². The number of hydrogen-bond acceptors (Lipinski definition) is 7. The number of fused-ring (bicyclic) bond motifs is 1. The molecule has 0 fully saturated rings. The molecule has 9 heteroatoms. The summed E-state index contributed by atoms with van der Waals surface area (Å²) >= 11 is 1.35. The summed E-state index contributed by atoms with van der Waals surface area (Å²) < 4.78 is 24.4. The molecule has 0 saturated carbocycles. The fourth-order valence-corrected chi connectivity index (χ4v) is 5.89. The summed E-state index contributed by atoms with van der Waals surface area (Å²) in [6.45, 7) is 4.12. The van der Waals surface area contributed by atoms with Crippen molar-refractivity contribution in [2.45, 2.75) is 43.5 Å². The molecule has 0 radical (unpaired) electrons. The van der Waals surface area contributed by atoms with Crippen LogP contribution in [0.1, 0.15) is 49.3 Å². The number of methoxy groups -OCH3 is 2. The molecule has 192 valence electrons. The fraction of sp³-hybridized carbons (Fsp3) is 0.321. The number of carbonyl (C=O) groups is 1. The Bertz CT molecular complexity index is 1460. The minimum absolute atomic E-state index is 0.00608. The zero-order chi connectivity index (χ0) is 26.3. The van der Waals surface area contributed by atoms with E-state index in [1.807, 2.05) is 6.07 Å². The summed E-state index contributed by atoms with van der Waals surface area (Å²) in [5.41, 5.74) is 2.72. The first-order valence-corrected chi connectivity index (χ1v) is 12.9. The van der Waals surface area contributed by atoms with Crippen LogP contribution in [0.3, 0.4) is 0 Å². The van der Waals surface area contributed by atoms with E-state index in [9.17, 15) is 14.0 Å². The molecule has 1 aliphatic carbocycles. The highest BCUT2D eigenvalue weighted by molar-refractivity contribution is 7.98. The summed E-state index contributed by atoms with van der Waals surface area (Å²) in [6.07, 6.45) is 1.02. The van der Waals surface area contributed by atoms with Crippen LogP contribution in [0.4, 0.5) is 10.2 Å². The van der Waals surface area contributed by atoms with Crippen molar-refractivity contribution in [3.05, 3.63) is 86.6 Å². The van der Waals surface area contributed by atoms with Crippen LogP contribution in [0, 0.1) is 11.2 Å². The third kappa shape index (κ3) is 4.87. The Balaban J connectivity index is 1.63. The maximum absolute atomic E-state index is 13.6. The van der Waals surface area contributed by atoms with Crippen LogP contribution in [0.5, 0.6) is 11.5 Å². The Morgan fingerprint density at radius 1 is 1.08 bits per heavy atom. The van der Waals surface area contributed by atoms with Gasteiger partial charge in [0.2, 0.25) is 0 Å². The number of Topliss-reactive ketones (excluding diaryl/α,β-unsaturated/α-hetero) is 1. The lowest BCUT2D eigenvalue weighted by Gasteiger charge is -2.38. The van der Waals surface area contributed by atoms with Gasteiger partial charge in [0.25, 0.3) is 5.56 Å². The second-order valence-electron chi connectivity index (χ2n) is 10.0. The van der Waals surface area contributed by atoms with E-state index in [1.165, 1.54) is 23.9 Å². The molecule has 0 amide bonds. The van der Waals surface area contributed by atoms with Gasteiger partial charge in [-0.3, -0.25) is 9.59 Å². The molecule has 2 N–H and O–H groups in total. The Kier molecular flexibility index (Phi) is 6.58. The Labute approximate surface area is 218 Å². The molecule has 0 bridgehead atoms. The van der Waals surface area contributed by atoms with Gasteiger partial charge >= 0.3 is 0 Å². The van der Waals surface area contributed by atoms with Crippen molar-refractivity contribution in [1.82, 2.24) is 9.97 Å². The number of halogens is 1. The number of aromatic amines is 1. The van der Waals surface area contributed by atoms with Crippen LogP contribution in [0.15, 0.2) is 63.7 Å². The van der Waals surface area contributed by atoms with Crippen LogP contribution in [-0.4, -0.2) is 30.0 Å². The van der Waals surface area contributed by atoms with Crippen molar-refractivity contribution in [2.75, 3.05) is 19.5 Å². The second-order valence-corrected chi connectivity index (χ2v) is 11.0. The van der Waals surface area contributed by atoms with E-state index in [2.05, 4.69) is 24.1 Å². The predicted octanol–water partition coefficient (Wildman–Crippen LogP) is 5.42. The molecule has 1 unspecified atom stereocenters. The average Bonchev–Trinajstić information content (AvgIpc) is 2.86. The molecule has 37 heavy (non-hydrogen) atoms. The summed E-state index contributed by atoms with van der Waals surface area (Å²) in [4.78, 5) is 34.7. The number of hydrogen-bond donors (Lipinski definition) is 2. The van der Waals surface area contributed by atoms with Crippen LogP contribution < -0.4 is 20.3 Å². The van der Waals surface area contributed by atoms with Crippen molar-refractivity contribution in [1.29, 1.82) is 0 Å². The maximum Gasteiger partial charge on any atom is 0.257 e. The molecule has 5 rings (SSSR count). The third-order valence-electron chi connectivity index (χ3n) is 6.74. The van der Waals surface area contributed by atoms with Gasteiger partial charge in [0, 0.05) is 29.0 Å². The molecule has 1 aliphatic heterocycles. The highest BCUT2D eigenvalue weighted by Crippen LogP contribution is 2.49. The molecule has 7 nitrogen and oxygen atoms in total. The van der Waals surface area contributed by atoms with E-state index in [-0.39, 0.29) is 22.6 Å². The number of nitrogens with one attached hydrogen (secondary N) is 2. The van der Waals surface area contributed by atoms with Crippen LogP contribution in [-0.2, 0) is 10.5 Å². The van der Waals surface area contributed by atoms with Gasteiger partial charge in [0.1, 0.15) is 23.1 Å². The van der Waals surface area contributed by atoms with Gasteiger partial charge in [-0.15, -0.1) is 0 Å². The monoisotopic (exact) mass is 521 g/mol. The summed E-state index contributed by atoms with van der Waals surface area (Å²) in [7, 11) is 3.13. The maximum atomic E-state index is 13.6. The Morgan fingerprint density at radius 2 is 1.84 bits per heavy atom. The molecule has 1 aromatic heterocycles. The quantitative estimate of drug-likeness (QED) is 0.331. The summed E-state index contributed by atoms with van der Waals surface area (Å²) in [5.74, 6) is 1.11. The standard InChI is InChI=1S/C28H28FN3O4S/c1-28(2)12-19-23(20(33)13-28)22(18-11-17(35-3)9-10-21(18)36-4)24-25(30-19)31-27(32-26(24)34)37-14-15-5-7-16(29)8-6-15/h5-11,22H,12-14H2,1-4H3,(H2,30,31,32,34). The average molecular weight is 522 g/mol. The first-order chi connectivity index (χ1) is 17.7. The minimum Gasteiger partial charge on any atom is -0.497 e. The van der Waals surface area contributed by atoms with Gasteiger partial charge in [-0.25, -0.2) is 9.37 Å². The predicted molar refractivity (Wildman–Crippen MR) is 141 cm³/mol. The molecular formula is C28H28FN3O4S. The largest absolute Gasteiger partial charge is 0.497 e. The van der Waals surface area contributed by atoms with Gasteiger partial charge in [-0.05, 0) is 47.7 Å². The number of aromatic nitrogens is 2. The van der Waals surface area contributed by atoms with Gasteiger partial charge in [0.15, 0.2) is 10.9 Å². The number of ketones is 1. The highest BCUT2D eigenvalue weighted by atomic mass is 32.2. The van der Waals surface area contributed by atoms with Crippen LogP contribution >= 0.6 is 11.8 Å². The highest BCUT2D eigenvalue weighted by Gasteiger charge is 2.43. The van der Waals surface area contributed by atoms with Gasteiger partial charge in [0.05, 0.1) is 25.7 Å². The number of nitrogens with zero attached hydrogens (tertiary/aromatic N) is 1. The number of allylic oxidation sites excluding steroid dienone is 2. The lowest BCUT2D eigenvalue weighted by Crippen LogP contribution is -2.37. The van der Waals surface area contributed by atoms with Crippen LogP contribution in [0.2, 0.25) is 0 Å². The van der Waals surface area contributed by atoms with Crippen molar-refractivity contribution in [2.24, 2.45) is 5.41 Å². The first kappa shape index (κ1) is 25.1. The van der Waals surface area contributed by atoms with Gasteiger partial charge in [-0.2, -0.15) is 0 Å². The molecule has 0 saturated heterocycles. The van der Waals surface area contributed by atoms with E-state index in [1.54, 1.807) is 38.5 Å². The number of H-pyrrole nitrogens is 1. The summed E-state index contributed by atoms with van der Waals surface area (Å²) in [6, 6.07) is 11.6. The van der Waals surface area contributed by atoms with E-state index < -0.39 is 5.92 Å². The molecule has 2 aromatic carbocycles. The Hall–Kier alpha value is -3.59. The molecule has 2 heterocycles. The third-order valence-corrected chi connectivity index (χ3v) is 7.68. The van der Waals surface area contributed by atoms with Crippen molar-refractivity contribution in [3.63, 3.8) is 0 Å². The van der Waals surface area contributed by atoms with Crippen molar-refractivity contribution < 1.29 is 18.7 Å². The number of rotatable bonds is 6. The molecule has 0 spiro atoms. The number of carbonyl (C=O) groups excluding carboxylic acids is 1. The van der Waals surface area contributed by atoms with E-state index in [0.29, 0.717) is 57.8 Å². The second kappa shape index (κ2) is 9.70. The van der Waals surface area contributed by atoms with Crippen molar-refractivity contribution >= 4 is 23.4 Å². The zero-order valence-electron chi connectivity index (χ0n) is 21.1. The lowest BCUT2D eigenvalue weighted by atomic mass is 9.69. The molecule has 3 aromatic rings. The van der Waals surface area contributed by atoms with Gasteiger partial charge in [-0.1, -0.05) is 37.7 Å². The number of ether oxygens (including phenoxy) is 2. The number of anilines is 1. The SMILES string of the molecule is COc1ccc(OC)c(C2C3=C(CC(C)(C)CC3=O)Nc3nc(SCc4ccc(F)cc4)[nH]c(=O)c32)c1. The van der Waals surface area contributed by atoms with Gasteiger partial charge < -0.3 is 19.8 Å². The zero-order valence-corrected chi connectivity index (χ0v) is 21.9. The smallest absolute Gasteiger partial charge is 0.257 e. The molecule has 2 aliphatic rings. The lowest BCUT2D eigenvalue weighted by molar-refractivity contribution is -0.118. The van der Waals surface area contributed by atoms with E-state index >= 15 is 0 Å². The topological polar surface area (TPSA) is 93.3 Å². The number of benzene rings is 2. The number of thioether (sulfide) groups is 1. The van der Waals surface area contributed by atoms with E-state index in [0.717, 1.165) is 11.3 Å². The Morgan fingerprint density at radius 3 is 2.54 bits per heavy atom. The first-order valence-electron chi connectivity index (χ1n) is 12.0. The fourth-order valence-electron chi connectivity index (χ4n) is 5.07. The van der Waals surface area contributed by atoms with Crippen molar-refractivity contribution in [3.8, 4) is 11.5 Å². The summed E-state index contributed by atoms with van der Waals surface area (Å²) in [5, 5.41) is 3.76. The molecular weight excluding hydrogens is 493 g/mol. The minimum atomic E-state index is -0.660. The normalized spacial score (nSPS) is 18.1. The van der Waals surface area contributed by atoms with E-state index in [4.69, 9.17) is 14.5 Å².